The van der Waals surface area contributed by atoms with Gasteiger partial charge in [0.15, 0.2) is 0 Å². The van der Waals surface area contributed by atoms with Gasteiger partial charge in [0.1, 0.15) is 0 Å². The number of aryl methyl sites for hydroxylation is 2. The molecule has 1 aliphatic rings. The topological polar surface area (TPSA) is 60.1 Å². The molecular formula is C21H20BClIN4OS-. The first-order valence-electron chi connectivity index (χ1n) is 9.61. The molecule has 2 atom stereocenters. The van der Waals surface area contributed by atoms with E-state index in [4.69, 9.17) is 22.3 Å². The Morgan fingerprint density at radius 3 is 2.60 bits per heavy atom. The minimum absolute atomic E-state index is 0.0888. The van der Waals surface area contributed by atoms with Gasteiger partial charge < -0.3 is 0 Å². The van der Waals surface area contributed by atoms with Crippen molar-refractivity contribution in [2.24, 2.45) is 10.9 Å². The number of aliphatic imine (C=N–C) groups is 1. The molecule has 154 valence electrons. The van der Waals surface area contributed by atoms with E-state index < -0.39 is 27.0 Å². The van der Waals surface area contributed by atoms with E-state index in [1.807, 2.05) is 38.1 Å². The number of rotatable bonds is 5. The van der Waals surface area contributed by atoms with Gasteiger partial charge in [0.05, 0.1) is 0 Å². The molecular weight excluding hydrogens is 529 g/mol. The van der Waals surface area contributed by atoms with Crippen LogP contribution in [0.1, 0.15) is 52.6 Å². The third kappa shape index (κ3) is 3.56. The number of fused-ring (bicyclic) bond motifs is 3. The Balaban J connectivity index is 2.05. The number of halogens is 2. The maximum absolute atomic E-state index is 12.8. The standard InChI is InChI=1S/C21H20BClIN4OS/c1-5-15(19(29)24-22)18-20-27-26-12(4)28(20)21-16(10(2)11(3)30-21)17(25-18)13-6-8-14(23)9-7-13/h6-9,15,18H,5H2,1-4H3/q-1/t15-,18?/m1/s1. The molecule has 0 saturated carbocycles. The van der Waals surface area contributed by atoms with Crippen molar-refractivity contribution in [1.29, 1.82) is 0 Å². The number of thiophene rings is 1. The van der Waals surface area contributed by atoms with Gasteiger partial charge in [-0.1, -0.05) is 0 Å². The average molecular weight is 550 g/mol. The first-order valence-corrected chi connectivity index (χ1v) is 13.1. The predicted octanol–water partition coefficient (Wildman–Crippen LogP) is 1.52. The molecule has 9 heteroatoms. The predicted molar refractivity (Wildman–Crippen MR) is 118 cm³/mol. The van der Waals surface area contributed by atoms with Crippen molar-refractivity contribution in [3.05, 3.63) is 62.5 Å². The summed E-state index contributed by atoms with van der Waals surface area (Å²) in [4.78, 5) is 19.2. The second kappa shape index (κ2) is 8.55. The van der Waals surface area contributed by atoms with Crippen LogP contribution in [-0.2, 0) is 4.79 Å². The van der Waals surface area contributed by atoms with Gasteiger partial charge in [-0.2, -0.15) is 0 Å². The van der Waals surface area contributed by atoms with E-state index in [-0.39, 0.29) is 9.71 Å². The number of benzene rings is 1. The number of carbonyl (C=O) groups excluding carboxylic acids is 1. The molecule has 1 aromatic carbocycles. The zero-order valence-corrected chi connectivity index (χ0v) is 20.8. The van der Waals surface area contributed by atoms with E-state index >= 15 is 0 Å². The monoisotopic (exact) mass is 549 g/mol. The molecule has 0 fully saturated rings. The van der Waals surface area contributed by atoms with E-state index in [0.717, 1.165) is 27.7 Å². The first kappa shape index (κ1) is 21.7. The molecule has 0 N–H and O–H groups in total. The zero-order chi connectivity index (χ0) is 21.6. The Morgan fingerprint density at radius 1 is 1.27 bits per heavy atom. The van der Waals surface area contributed by atoms with Gasteiger partial charge in [-0.3, -0.25) is 0 Å². The van der Waals surface area contributed by atoms with Crippen molar-refractivity contribution in [1.82, 2.24) is 14.8 Å². The summed E-state index contributed by atoms with van der Waals surface area (Å²) in [6, 6.07) is 7.26. The quantitative estimate of drug-likeness (QED) is 0.276. The molecule has 0 spiro atoms. The minimum atomic E-state index is -1.04. The van der Waals surface area contributed by atoms with Gasteiger partial charge in [0.2, 0.25) is 0 Å². The van der Waals surface area contributed by atoms with Crippen molar-refractivity contribution >= 4 is 38.1 Å². The molecule has 2 aromatic heterocycles. The zero-order valence-electron chi connectivity index (χ0n) is 17.1. The third-order valence-electron chi connectivity index (χ3n) is 5.53. The van der Waals surface area contributed by atoms with Crippen LogP contribution >= 0.6 is 22.9 Å². The van der Waals surface area contributed by atoms with Crippen LogP contribution in [0.2, 0.25) is 5.02 Å². The van der Waals surface area contributed by atoms with E-state index in [9.17, 15) is 4.79 Å². The second-order valence-electron chi connectivity index (χ2n) is 7.26. The van der Waals surface area contributed by atoms with Crippen LogP contribution in [-0.4, -0.2) is 30.0 Å². The molecule has 1 unspecified atom stereocenters. The van der Waals surface area contributed by atoms with Gasteiger partial charge in [-0.15, -0.1) is 0 Å². The number of hydrogen-bond acceptors (Lipinski definition) is 5. The average Bonchev–Trinajstić information content (AvgIpc) is 3.20. The van der Waals surface area contributed by atoms with Crippen molar-refractivity contribution in [3.63, 3.8) is 0 Å². The third-order valence-corrected chi connectivity index (χ3v) is 8.39. The van der Waals surface area contributed by atoms with Crippen molar-refractivity contribution in [2.75, 3.05) is 0 Å². The summed E-state index contributed by atoms with van der Waals surface area (Å²) in [7, 11) is 0. The fourth-order valence-electron chi connectivity index (χ4n) is 3.81. The van der Waals surface area contributed by atoms with Gasteiger partial charge in [0.25, 0.3) is 0 Å². The fraction of sp³-hybridized carbons (Fsp3) is 0.333. The Kier molecular flexibility index (Phi) is 6.19. The molecule has 0 saturated heterocycles. The van der Waals surface area contributed by atoms with Crippen LogP contribution in [0.15, 0.2) is 29.3 Å². The van der Waals surface area contributed by atoms with Gasteiger partial charge in [-0.25, -0.2) is 0 Å². The van der Waals surface area contributed by atoms with Crippen LogP contribution in [0.5, 0.6) is 0 Å². The fourth-order valence-corrected chi connectivity index (χ4v) is 6.40. The Labute approximate surface area is 196 Å². The van der Waals surface area contributed by atoms with Crippen molar-refractivity contribution in [3.8, 4) is 5.00 Å². The van der Waals surface area contributed by atoms with Crippen LogP contribution in [0.3, 0.4) is 0 Å². The molecule has 1 aliphatic heterocycles. The van der Waals surface area contributed by atoms with Gasteiger partial charge >= 0.3 is 197 Å². The Hall–Kier alpha value is -1.52. The van der Waals surface area contributed by atoms with Crippen LogP contribution in [0.25, 0.3) is 5.00 Å². The Morgan fingerprint density at radius 2 is 1.97 bits per heavy atom. The molecule has 5 nitrogen and oxygen atoms in total. The molecule has 30 heavy (non-hydrogen) atoms. The van der Waals surface area contributed by atoms with Crippen molar-refractivity contribution in [2.45, 2.75) is 40.2 Å². The van der Waals surface area contributed by atoms with Crippen LogP contribution < -0.4 is 21.0 Å². The molecule has 4 rings (SSSR count). The van der Waals surface area contributed by atoms with E-state index in [1.54, 1.807) is 11.3 Å². The molecule has 3 aromatic rings. The molecule has 0 amide bonds. The number of nitrogens with zero attached hydrogens (tertiary/aromatic N) is 4. The maximum atomic E-state index is 12.8. The summed E-state index contributed by atoms with van der Waals surface area (Å²) >= 11 is 6.81. The van der Waals surface area contributed by atoms with E-state index in [1.165, 1.54) is 10.4 Å². The Bertz CT molecular complexity index is 1150. The van der Waals surface area contributed by atoms with Crippen LogP contribution in [0.4, 0.5) is 0 Å². The second-order valence-corrected chi connectivity index (χ2v) is 10.6. The molecule has 0 aliphatic carbocycles. The van der Waals surface area contributed by atoms with E-state index in [0.29, 0.717) is 17.3 Å². The first-order chi connectivity index (χ1) is 14.4. The summed E-state index contributed by atoms with van der Waals surface area (Å²) in [6.07, 6.45) is 0.648. The summed E-state index contributed by atoms with van der Waals surface area (Å²) in [5, 5.41) is 10.5. The summed E-state index contributed by atoms with van der Waals surface area (Å²) < 4.78 is 2.16. The molecule has 2 radical (unpaired) electrons. The number of carbonyl (C=O) groups is 1. The number of hydrogen-bond donors (Lipinski definition) is 0. The normalized spacial score (nSPS) is 16.6. The van der Waals surface area contributed by atoms with Crippen LogP contribution in [0, 0.1) is 26.7 Å². The van der Waals surface area contributed by atoms with Crippen molar-refractivity contribution < 1.29 is 25.8 Å². The number of aromatic nitrogens is 3. The molecule has 0 bridgehead atoms. The summed E-state index contributed by atoms with van der Waals surface area (Å²) in [6.45, 7) is 8.17. The van der Waals surface area contributed by atoms with E-state index in [2.05, 4.69) is 28.6 Å². The van der Waals surface area contributed by atoms with Gasteiger partial charge in [-0.05, 0) is 0 Å². The SMILES string of the molecule is [B][I-]C(=O)[C@H](CC)C1N=C(c2ccc(Cl)cc2)c2c(sc(C)c2C)-n2c(C)nnc21. The molecule has 3 heterocycles. The van der Waals surface area contributed by atoms with Gasteiger partial charge in [0, 0.05) is 0 Å². The summed E-state index contributed by atoms with van der Waals surface area (Å²) in [5.74, 6) is 1.18. The summed E-state index contributed by atoms with van der Waals surface area (Å²) in [5.41, 5.74) is 9.91.